The molecule has 0 bridgehead atoms. The fourth-order valence-corrected chi connectivity index (χ4v) is 1.88. The highest BCUT2D eigenvalue weighted by atomic mass is 32.1. The van der Waals surface area contributed by atoms with Crippen molar-refractivity contribution in [3.8, 4) is 0 Å². The Kier molecular flexibility index (Phi) is 2.74. The number of imidazole rings is 1. The van der Waals surface area contributed by atoms with Crippen LogP contribution in [0.3, 0.4) is 0 Å². The molecular formula is C10H10FN3OS. The Morgan fingerprint density at radius 3 is 3.00 bits per heavy atom. The first-order chi connectivity index (χ1) is 7.58. The van der Waals surface area contributed by atoms with Gasteiger partial charge in [0.15, 0.2) is 4.77 Å². The second-order valence-corrected chi connectivity index (χ2v) is 3.85. The molecule has 2 aromatic rings. The van der Waals surface area contributed by atoms with Crippen LogP contribution in [0.4, 0.5) is 4.39 Å². The molecule has 1 aromatic heterocycles. The molecule has 0 fully saturated rings. The van der Waals surface area contributed by atoms with Gasteiger partial charge >= 0.3 is 0 Å². The van der Waals surface area contributed by atoms with Crippen LogP contribution in [0.5, 0.6) is 0 Å². The van der Waals surface area contributed by atoms with Crippen molar-refractivity contribution in [3.05, 3.63) is 28.8 Å². The van der Waals surface area contributed by atoms with Gasteiger partial charge in [0.05, 0.1) is 11.0 Å². The van der Waals surface area contributed by atoms with Crippen LogP contribution in [0.25, 0.3) is 11.0 Å². The molecule has 0 radical (unpaired) electrons. The molecule has 1 heterocycles. The highest BCUT2D eigenvalue weighted by Gasteiger charge is 2.06. The van der Waals surface area contributed by atoms with Crippen LogP contribution in [-0.2, 0) is 11.3 Å². The first-order valence-electron chi connectivity index (χ1n) is 4.74. The number of nitrogens with one attached hydrogen (secondary N) is 1. The van der Waals surface area contributed by atoms with Gasteiger partial charge in [-0.25, -0.2) is 4.39 Å². The molecule has 16 heavy (non-hydrogen) atoms. The molecule has 4 nitrogen and oxygen atoms in total. The van der Waals surface area contributed by atoms with Crippen LogP contribution in [0.1, 0.15) is 6.42 Å². The number of carbonyl (C=O) groups excluding carboxylic acids is 1. The lowest BCUT2D eigenvalue weighted by atomic mass is 10.3. The molecule has 6 heteroatoms. The summed E-state index contributed by atoms with van der Waals surface area (Å²) in [7, 11) is 0. The van der Waals surface area contributed by atoms with Crippen molar-refractivity contribution >= 4 is 29.2 Å². The monoisotopic (exact) mass is 239 g/mol. The molecule has 0 atom stereocenters. The summed E-state index contributed by atoms with van der Waals surface area (Å²) >= 11 is 5.08. The minimum atomic E-state index is -0.390. The van der Waals surface area contributed by atoms with Crippen molar-refractivity contribution in [2.45, 2.75) is 13.0 Å². The van der Waals surface area contributed by atoms with E-state index < -0.39 is 5.91 Å². The molecule has 0 unspecified atom stereocenters. The zero-order valence-corrected chi connectivity index (χ0v) is 9.18. The number of aromatic amines is 1. The quantitative estimate of drug-likeness (QED) is 0.801. The highest BCUT2D eigenvalue weighted by Crippen LogP contribution is 2.15. The van der Waals surface area contributed by atoms with Crippen molar-refractivity contribution in [1.29, 1.82) is 0 Å². The minimum Gasteiger partial charge on any atom is -0.370 e. The van der Waals surface area contributed by atoms with Gasteiger partial charge in [0.1, 0.15) is 5.82 Å². The van der Waals surface area contributed by atoms with Crippen molar-refractivity contribution in [2.75, 3.05) is 0 Å². The zero-order valence-electron chi connectivity index (χ0n) is 8.37. The van der Waals surface area contributed by atoms with Gasteiger partial charge in [-0.05, 0) is 30.4 Å². The fraction of sp³-hybridized carbons (Fsp3) is 0.200. The molecule has 0 aliphatic carbocycles. The summed E-state index contributed by atoms with van der Waals surface area (Å²) in [4.78, 5) is 13.6. The Balaban J connectivity index is 2.48. The van der Waals surface area contributed by atoms with Gasteiger partial charge in [0.2, 0.25) is 5.91 Å². The average molecular weight is 239 g/mol. The number of aryl methyl sites for hydroxylation is 1. The molecule has 0 aliphatic heterocycles. The number of amides is 1. The number of primary amides is 1. The molecule has 1 aromatic carbocycles. The average Bonchev–Trinajstić information content (AvgIpc) is 2.50. The van der Waals surface area contributed by atoms with E-state index in [0.717, 1.165) is 5.52 Å². The molecule has 0 aliphatic rings. The maximum Gasteiger partial charge on any atom is 0.219 e. The topological polar surface area (TPSA) is 63.8 Å². The van der Waals surface area contributed by atoms with Crippen molar-refractivity contribution in [3.63, 3.8) is 0 Å². The van der Waals surface area contributed by atoms with Gasteiger partial charge < -0.3 is 15.3 Å². The van der Waals surface area contributed by atoms with E-state index in [1.54, 1.807) is 10.6 Å². The first-order valence-corrected chi connectivity index (χ1v) is 5.15. The molecule has 2 rings (SSSR count). The largest absolute Gasteiger partial charge is 0.370 e. The number of carbonyl (C=O) groups is 1. The van der Waals surface area contributed by atoms with E-state index in [4.69, 9.17) is 18.0 Å². The Bertz CT molecular complexity index is 602. The summed E-state index contributed by atoms with van der Waals surface area (Å²) in [6.07, 6.45) is 0.207. The lowest BCUT2D eigenvalue weighted by Gasteiger charge is -2.01. The van der Waals surface area contributed by atoms with Crippen molar-refractivity contribution in [1.82, 2.24) is 9.55 Å². The van der Waals surface area contributed by atoms with Crippen LogP contribution >= 0.6 is 12.2 Å². The number of hydrogen-bond donors (Lipinski definition) is 2. The third-order valence-electron chi connectivity index (χ3n) is 2.32. The molecule has 0 saturated heterocycles. The van der Waals surface area contributed by atoms with Gasteiger partial charge in [0, 0.05) is 13.0 Å². The van der Waals surface area contributed by atoms with Crippen molar-refractivity contribution < 1.29 is 9.18 Å². The van der Waals surface area contributed by atoms with Crippen molar-refractivity contribution in [2.24, 2.45) is 5.73 Å². The lowest BCUT2D eigenvalue weighted by Crippen LogP contribution is -2.13. The van der Waals surface area contributed by atoms with Crippen LogP contribution in [0.15, 0.2) is 18.2 Å². The maximum absolute atomic E-state index is 13.0. The van der Waals surface area contributed by atoms with Crippen LogP contribution in [0, 0.1) is 10.6 Å². The summed E-state index contributed by atoms with van der Waals surface area (Å²) in [5.74, 6) is -0.718. The van der Waals surface area contributed by atoms with Crippen LogP contribution < -0.4 is 5.73 Å². The summed E-state index contributed by atoms with van der Waals surface area (Å²) in [5, 5.41) is 0. The third kappa shape index (κ3) is 1.96. The van der Waals surface area contributed by atoms with Gasteiger partial charge in [0.25, 0.3) is 0 Å². The van der Waals surface area contributed by atoms with E-state index in [2.05, 4.69) is 4.98 Å². The molecule has 1 amide bonds. The van der Waals surface area contributed by atoms with E-state index >= 15 is 0 Å². The maximum atomic E-state index is 13.0. The predicted molar refractivity (Wildman–Crippen MR) is 60.9 cm³/mol. The Morgan fingerprint density at radius 1 is 1.56 bits per heavy atom. The minimum absolute atomic E-state index is 0.207. The first kappa shape index (κ1) is 10.8. The Morgan fingerprint density at radius 2 is 2.31 bits per heavy atom. The lowest BCUT2D eigenvalue weighted by molar-refractivity contribution is -0.118. The van der Waals surface area contributed by atoms with Crippen LogP contribution in [0.2, 0.25) is 0 Å². The summed E-state index contributed by atoms with van der Waals surface area (Å²) in [5.41, 5.74) is 6.46. The van der Waals surface area contributed by atoms with Gasteiger partial charge in [-0.15, -0.1) is 0 Å². The van der Waals surface area contributed by atoms with E-state index in [0.29, 0.717) is 16.8 Å². The van der Waals surface area contributed by atoms with E-state index in [1.165, 1.54) is 12.1 Å². The number of nitrogens with two attached hydrogens (primary N) is 1. The second kappa shape index (κ2) is 4.05. The molecule has 3 N–H and O–H groups in total. The standard InChI is InChI=1S/C10H10FN3OS/c11-6-1-2-8-7(5-6)13-10(16)14(8)4-3-9(12)15/h1-2,5H,3-4H2,(H2,12,15)(H,13,16). The second-order valence-electron chi connectivity index (χ2n) is 3.46. The number of benzene rings is 1. The number of fused-ring (bicyclic) bond motifs is 1. The van der Waals surface area contributed by atoms with Gasteiger partial charge in [-0.3, -0.25) is 4.79 Å². The third-order valence-corrected chi connectivity index (χ3v) is 2.64. The van der Waals surface area contributed by atoms with Gasteiger partial charge in [-0.2, -0.15) is 0 Å². The number of rotatable bonds is 3. The molecule has 0 saturated carbocycles. The molecular weight excluding hydrogens is 229 g/mol. The summed E-state index contributed by atoms with van der Waals surface area (Å²) in [6.45, 7) is 0.403. The number of nitrogens with zero attached hydrogens (tertiary/aromatic N) is 1. The zero-order chi connectivity index (χ0) is 11.7. The summed E-state index contributed by atoms with van der Waals surface area (Å²) in [6, 6.07) is 4.34. The van der Waals surface area contributed by atoms with Crippen LogP contribution in [-0.4, -0.2) is 15.5 Å². The summed E-state index contributed by atoms with van der Waals surface area (Å²) < 4.78 is 15.1. The highest BCUT2D eigenvalue weighted by molar-refractivity contribution is 7.71. The Labute approximate surface area is 95.9 Å². The SMILES string of the molecule is NC(=O)CCn1c(=S)[nH]c2cc(F)ccc21. The van der Waals surface area contributed by atoms with E-state index in [9.17, 15) is 9.18 Å². The molecule has 0 spiro atoms. The fourth-order valence-electron chi connectivity index (χ4n) is 1.58. The molecule has 84 valence electrons. The smallest absolute Gasteiger partial charge is 0.219 e. The number of aromatic nitrogens is 2. The normalized spacial score (nSPS) is 10.8. The van der Waals surface area contributed by atoms with Gasteiger partial charge in [-0.1, -0.05) is 0 Å². The number of halogens is 1. The Hall–Kier alpha value is -1.69. The van der Waals surface area contributed by atoms with E-state index in [-0.39, 0.29) is 12.2 Å². The number of hydrogen-bond acceptors (Lipinski definition) is 2. The van der Waals surface area contributed by atoms with E-state index in [1.807, 2.05) is 0 Å². The number of H-pyrrole nitrogens is 1. The predicted octanol–water partition coefficient (Wildman–Crippen LogP) is 1.71.